The highest BCUT2D eigenvalue weighted by molar-refractivity contribution is 8.27. The molecule has 0 amide bonds. The van der Waals surface area contributed by atoms with Crippen molar-refractivity contribution in [1.82, 2.24) is 0 Å². The first-order chi connectivity index (χ1) is 18.9. The lowest BCUT2D eigenvalue weighted by Gasteiger charge is -2.37. The number of ether oxygens (including phenoxy) is 1. The molecule has 7 heteroatoms. The Bertz CT molecular complexity index is 1540. The van der Waals surface area contributed by atoms with Crippen LogP contribution in [0.4, 0.5) is 5.69 Å². The topological polar surface area (TPSA) is 41.9 Å². The van der Waals surface area contributed by atoms with Gasteiger partial charge in [0.1, 0.15) is 0 Å². The van der Waals surface area contributed by atoms with Crippen molar-refractivity contribution in [2.24, 2.45) is 5.10 Å². The normalized spacial score (nSPS) is 19.2. The van der Waals surface area contributed by atoms with Crippen molar-refractivity contribution in [2.75, 3.05) is 11.6 Å². The lowest BCUT2D eigenvalue weighted by Crippen LogP contribution is -2.34. The fourth-order valence-electron chi connectivity index (χ4n) is 5.25. The highest BCUT2D eigenvalue weighted by Crippen LogP contribution is 2.71. The van der Waals surface area contributed by atoms with Crippen molar-refractivity contribution in [1.29, 1.82) is 0 Å². The molecule has 0 bridgehead atoms. The number of anilines is 1. The van der Waals surface area contributed by atoms with Gasteiger partial charge in [0.05, 0.1) is 17.0 Å². The van der Waals surface area contributed by atoms with Crippen molar-refractivity contribution >= 4 is 51.8 Å². The van der Waals surface area contributed by atoms with Crippen molar-refractivity contribution in [2.45, 2.75) is 29.7 Å². The van der Waals surface area contributed by atoms with E-state index in [1.807, 2.05) is 36.2 Å². The summed E-state index contributed by atoms with van der Waals surface area (Å²) in [6, 6.07) is 33.6. The molecule has 4 aromatic rings. The third kappa shape index (κ3) is 4.26. The van der Waals surface area contributed by atoms with Gasteiger partial charge in [0, 0.05) is 10.6 Å². The number of carbonyl (C=O) groups excluding carboxylic acids is 1. The summed E-state index contributed by atoms with van der Waals surface area (Å²) in [5.41, 5.74) is 7.80. The van der Waals surface area contributed by atoms with Crippen molar-refractivity contribution in [3.05, 3.63) is 135 Å². The third-order valence-corrected chi connectivity index (χ3v) is 10.6. The van der Waals surface area contributed by atoms with E-state index in [-0.39, 0.29) is 6.61 Å². The Balaban J connectivity index is 1.63. The smallest absolute Gasteiger partial charge is 0.365 e. The maximum Gasteiger partial charge on any atom is 0.365 e. The van der Waals surface area contributed by atoms with E-state index in [2.05, 4.69) is 86.6 Å². The first kappa shape index (κ1) is 26.1. The Kier molecular flexibility index (Phi) is 6.74. The number of esters is 1. The Morgan fingerprint density at radius 1 is 0.872 bits per heavy atom. The number of aryl methyl sites for hydroxylation is 2. The Hall–Kier alpha value is -3.19. The van der Waals surface area contributed by atoms with E-state index in [0.717, 1.165) is 11.3 Å². The molecule has 0 N–H and O–H groups in total. The van der Waals surface area contributed by atoms with Crippen LogP contribution in [0.25, 0.3) is 0 Å². The summed E-state index contributed by atoms with van der Waals surface area (Å²) in [5, 5.41) is 7.77. The van der Waals surface area contributed by atoms with Crippen LogP contribution in [-0.4, -0.2) is 17.6 Å². The number of hydrazone groups is 1. The first-order valence-electron chi connectivity index (χ1n) is 12.8. The van der Waals surface area contributed by atoms with Gasteiger partial charge in [0.15, 0.2) is 4.20 Å². The number of benzene rings is 4. The number of hydrogen-bond donors (Lipinski definition) is 0. The lowest BCUT2D eigenvalue weighted by atomic mass is 9.81. The van der Waals surface area contributed by atoms with Crippen molar-refractivity contribution < 1.29 is 9.53 Å². The molecule has 196 valence electrons. The highest BCUT2D eigenvalue weighted by atomic mass is 35.5. The minimum absolute atomic E-state index is 0.281. The first-order valence-corrected chi connectivity index (χ1v) is 14.8. The van der Waals surface area contributed by atoms with Gasteiger partial charge in [-0.15, -0.1) is 0 Å². The van der Waals surface area contributed by atoms with Gasteiger partial charge in [-0.1, -0.05) is 125 Å². The monoisotopic (exact) mass is 570 g/mol. The van der Waals surface area contributed by atoms with E-state index in [0.29, 0.717) is 10.1 Å². The van der Waals surface area contributed by atoms with E-state index in [4.69, 9.17) is 21.4 Å². The van der Waals surface area contributed by atoms with Crippen molar-refractivity contribution in [3.8, 4) is 0 Å². The molecule has 0 fully saturated rings. The summed E-state index contributed by atoms with van der Waals surface area (Å²) in [4.78, 5) is 13.1. The van der Waals surface area contributed by atoms with Gasteiger partial charge in [-0.3, -0.25) is 0 Å². The highest BCUT2D eigenvalue weighted by Gasteiger charge is 2.62. The quantitative estimate of drug-likeness (QED) is 0.226. The van der Waals surface area contributed by atoms with Gasteiger partial charge in [-0.2, -0.15) is 5.10 Å². The van der Waals surface area contributed by atoms with Crippen LogP contribution in [0.15, 0.2) is 102 Å². The van der Waals surface area contributed by atoms with Gasteiger partial charge in [-0.05, 0) is 55.7 Å². The molecule has 2 aliphatic rings. The maximum absolute atomic E-state index is 13.1. The standard InChI is InChI=1S/C32H27ClN2O2S2/c1-4-37-30(36)29-34-35(26-9-7-8-25(33)20-26)32(38-29)28-11-6-5-10-27(28)31(39-32,23-16-12-21(2)13-17-23)24-18-14-22(3)15-19-24/h5-20H,4H2,1-3H3. The minimum atomic E-state index is -0.779. The SMILES string of the molecule is CCOC(=O)C1=NN(c2cccc(Cl)c2)C2(S1)SC(c1ccc(C)cc1)(c1ccc(C)cc1)c1ccccc12. The molecule has 2 aliphatic heterocycles. The fraction of sp³-hybridized carbons (Fsp3) is 0.188. The fourth-order valence-corrected chi connectivity index (χ4v) is 8.99. The summed E-state index contributed by atoms with van der Waals surface area (Å²) in [6.07, 6.45) is 0. The zero-order valence-corrected chi connectivity index (χ0v) is 24.2. The molecule has 0 radical (unpaired) electrons. The van der Waals surface area contributed by atoms with Crippen LogP contribution in [0, 0.1) is 13.8 Å². The molecular formula is C32H27ClN2O2S2. The van der Waals surface area contributed by atoms with Crippen LogP contribution < -0.4 is 5.01 Å². The number of rotatable bonds is 5. The molecule has 0 saturated carbocycles. The number of nitrogens with zero attached hydrogens (tertiary/aromatic N) is 2. The number of hydrogen-bond acceptors (Lipinski definition) is 6. The second kappa shape index (κ2) is 10.1. The molecular weight excluding hydrogens is 544 g/mol. The van der Waals surface area contributed by atoms with E-state index >= 15 is 0 Å². The van der Waals surface area contributed by atoms with Crippen LogP contribution >= 0.6 is 35.1 Å². The van der Waals surface area contributed by atoms with E-state index < -0.39 is 14.9 Å². The number of thioether (sulfide) groups is 2. The van der Waals surface area contributed by atoms with Gasteiger partial charge in [-0.25, -0.2) is 9.80 Å². The zero-order chi connectivity index (χ0) is 27.2. The van der Waals surface area contributed by atoms with Gasteiger partial charge in [0.25, 0.3) is 0 Å². The Labute approximate surface area is 242 Å². The number of carbonyl (C=O) groups is 1. The van der Waals surface area contributed by atoms with Gasteiger partial charge in [0.2, 0.25) is 5.04 Å². The third-order valence-electron chi connectivity index (χ3n) is 7.06. The summed E-state index contributed by atoms with van der Waals surface area (Å²) in [5.74, 6) is -0.423. The second-order valence-electron chi connectivity index (χ2n) is 9.66. The van der Waals surface area contributed by atoms with E-state index in [9.17, 15) is 4.79 Å². The Morgan fingerprint density at radius 3 is 2.08 bits per heavy atom. The summed E-state index contributed by atoms with van der Waals surface area (Å²) in [6.45, 7) is 6.30. The molecule has 1 unspecified atom stereocenters. The summed E-state index contributed by atoms with van der Waals surface area (Å²) >= 11 is 9.69. The molecule has 1 atom stereocenters. The molecule has 0 saturated heterocycles. The molecule has 2 heterocycles. The molecule has 1 spiro atoms. The van der Waals surface area contributed by atoms with Crippen molar-refractivity contribution in [3.63, 3.8) is 0 Å². The van der Waals surface area contributed by atoms with E-state index in [1.54, 1.807) is 11.8 Å². The van der Waals surface area contributed by atoms with Crippen LogP contribution in [-0.2, 0) is 18.5 Å². The van der Waals surface area contributed by atoms with Crippen LogP contribution in [0.5, 0.6) is 0 Å². The number of fused-ring (bicyclic) bond motifs is 2. The maximum atomic E-state index is 13.1. The molecule has 0 aliphatic carbocycles. The predicted molar refractivity (Wildman–Crippen MR) is 164 cm³/mol. The minimum Gasteiger partial charge on any atom is -0.461 e. The van der Waals surface area contributed by atoms with Crippen LogP contribution in [0.3, 0.4) is 0 Å². The molecule has 6 rings (SSSR count). The summed E-state index contributed by atoms with van der Waals surface area (Å²) in [7, 11) is 0. The lowest BCUT2D eigenvalue weighted by molar-refractivity contribution is -0.134. The average Bonchev–Trinajstić information content (AvgIpc) is 3.47. The van der Waals surface area contributed by atoms with Crippen LogP contribution in [0.2, 0.25) is 5.02 Å². The molecule has 0 aromatic heterocycles. The molecule has 4 nitrogen and oxygen atoms in total. The van der Waals surface area contributed by atoms with Gasteiger partial charge >= 0.3 is 5.97 Å². The Morgan fingerprint density at radius 2 is 1.49 bits per heavy atom. The number of halogens is 1. The average molecular weight is 571 g/mol. The molecule has 39 heavy (non-hydrogen) atoms. The van der Waals surface area contributed by atoms with E-state index in [1.165, 1.54) is 39.6 Å². The predicted octanol–water partition coefficient (Wildman–Crippen LogP) is 8.24. The zero-order valence-electron chi connectivity index (χ0n) is 21.9. The van der Waals surface area contributed by atoms with Gasteiger partial charge < -0.3 is 4.74 Å². The second-order valence-corrected chi connectivity index (χ2v) is 12.9. The molecule has 4 aromatic carbocycles. The largest absolute Gasteiger partial charge is 0.461 e. The van der Waals surface area contributed by atoms with Crippen LogP contribution in [0.1, 0.15) is 40.3 Å². The summed E-state index contributed by atoms with van der Waals surface area (Å²) < 4.78 is 4.09.